The lowest BCUT2D eigenvalue weighted by molar-refractivity contribution is 0.0997. The van der Waals surface area contributed by atoms with Crippen molar-refractivity contribution in [2.24, 2.45) is 5.73 Å². The lowest BCUT2D eigenvalue weighted by Gasteiger charge is -2.17. The molecule has 0 aliphatic carbocycles. The Morgan fingerprint density at radius 1 is 1.17 bits per heavy atom. The van der Waals surface area contributed by atoms with E-state index in [1.165, 1.54) is 11.1 Å². The summed E-state index contributed by atoms with van der Waals surface area (Å²) in [6, 6.07) is 11.6. The fraction of sp³-hybridized carbons (Fsp3) is 0.167. The number of aryl methyl sites for hydroxylation is 2. The number of aromatic nitrogens is 1. The molecule has 6 heteroatoms. The summed E-state index contributed by atoms with van der Waals surface area (Å²) in [5.41, 5.74) is 9.17. The van der Waals surface area contributed by atoms with Crippen molar-refractivity contribution in [1.29, 1.82) is 0 Å². The van der Waals surface area contributed by atoms with Gasteiger partial charge in [-0.15, -0.1) is 0 Å². The Morgan fingerprint density at radius 3 is 2.54 bits per heavy atom. The van der Waals surface area contributed by atoms with Crippen molar-refractivity contribution in [3.8, 4) is 0 Å². The number of fused-ring (bicyclic) bond motifs is 1. The summed E-state index contributed by atoms with van der Waals surface area (Å²) in [7, 11) is 0.452. The van der Waals surface area contributed by atoms with Gasteiger partial charge in [-0.25, -0.2) is 0 Å². The molecule has 124 valence electrons. The zero-order valence-corrected chi connectivity index (χ0v) is 15.3. The molecular weight excluding hydrogens is 343 g/mol. The van der Waals surface area contributed by atoms with Crippen LogP contribution in [0.3, 0.4) is 0 Å². The molecule has 0 aliphatic heterocycles. The van der Waals surface area contributed by atoms with E-state index in [1.54, 1.807) is 13.2 Å². The van der Waals surface area contributed by atoms with E-state index < -0.39 is 14.1 Å². The van der Waals surface area contributed by atoms with Crippen LogP contribution >= 0.6 is 19.7 Å². The van der Waals surface area contributed by atoms with Crippen molar-refractivity contribution in [3.63, 3.8) is 0 Å². The van der Waals surface area contributed by atoms with E-state index in [0.29, 0.717) is 10.7 Å². The molecule has 1 unspecified atom stereocenters. The van der Waals surface area contributed by atoms with Gasteiger partial charge in [-0.1, -0.05) is 23.7 Å². The van der Waals surface area contributed by atoms with Gasteiger partial charge < -0.3 is 15.2 Å². The van der Waals surface area contributed by atoms with Crippen LogP contribution in [0.15, 0.2) is 36.4 Å². The molecule has 0 saturated heterocycles. The summed E-state index contributed by atoms with van der Waals surface area (Å²) in [4.78, 5) is 15.1. The lowest BCUT2D eigenvalue weighted by Crippen LogP contribution is -2.23. The standard InChI is InChI=1S/C18H18ClN2O2P/c1-10-4-6-13(8-11(10)2)24(23-3)17-14-9-12(19)5-7-15(14)21-16(17)18(20)22/h4-9,21H,1-3H3,(H2,20,22). The number of hydrogen-bond acceptors (Lipinski definition) is 2. The number of halogens is 1. The van der Waals surface area contributed by atoms with Gasteiger partial charge in [0.15, 0.2) is 0 Å². The van der Waals surface area contributed by atoms with Crippen LogP contribution in [0.5, 0.6) is 0 Å². The van der Waals surface area contributed by atoms with Crippen molar-refractivity contribution in [2.45, 2.75) is 13.8 Å². The van der Waals surface area contributed by atoms with Crippen molar-refractivity contribution in [3.05, 3.63) is 58.2 Å². The fourth-order valence-corrected chi connectivity index (χ4v) is 4.83. The molecule has 0 bridgehead atoms. The minimum atomic E-state index is -1.20. The zero-order valence-electron chi connectivity index (χ0n) is 13.7. The maximum atomic E-state index is 12.0. The number of benzene rings is 2. The maximum Gasteiger partial charge on any atom is 0.265 e. The van der Waals surface area contributed by atoms with Crippen molar-refractivity contribution >= 4 is 47.2 Å². The number of H-pyrrole nitrogens is 1. The highest BCUT2D eigenvalue weighted by Crippen LogP contribution is 2.39. The van der Waals surface area contributed by atoms with Gasteiger partial charge in [-0.3, -0.25) is 4.79 Å². The Kier molecular flexibility index (Phi) is 4.64. The average molecular weight is 361 g/mol. The van der Waals surface area contributed by atoms with E-state index in [0.717, 1.165) is 21.5 Å². The molecule has 24 heavy (non-hydrogen) atoms. The topological polar surface area (TPSA) is 68.1 Å². The molecule has 0 saturated carbocycles. The minimum Gasteiger partial charge on any atom is -0.364 e. The van der Waals surface area contributed by atoms with E-state index in [1.807, 2.05) is 18.2 Å². The number of carbonyl (C=O) groups excluding carboxylic acids is 1. The number of rotatable bonds is 4. The molecule has 3 rings (SSSR count). The van der Waals surface area contributed by atoms with Crippen LogP contribution in [0.4, 0.5) is 0 Å². The van der Waals surface area contributed by atoms with Crippen LogP contribution < -0.4 is 16.3 Å². The second-order valence-electron chi connectivity index (χ2n) is 5.65. The molecule has 1 amide bonds. The van der Waals surface area contributed by atoms with Crippen molar-refractivity contribution in [1.82, 2.24) is 4.98 Å². The largest absolute Gasteiger partial charge is 0.364 e. The Labute approximate surface area is 146 Å². The molecule has 0 spiro atoms. The molecule has 0 aliphatic rings. The summed E-state index contributed by atoms with van der Waals surface area (Å²) in [6.45, 7) is 4.12. The monoisotopic (exact) mass is 360 g/mol. The van der Waals surface area contributed by atoms with Gasteiger partial charge in [-0.2, -0.15) is 0 Å². The quantitative estimate of drug-likeness (QED) is 0.699. The summed E-state index contributed by atoms with van der Waals surface area (Å²) in [6.07, 6.45) is 0. The number of nitrogens with two attached hydrogens (primary N) is 1. The smallest absolute Gasteiger partial charge is 0.265 e. The zero-order chi connectivity index (χ0) is 17.4. The van der Waals surface area contributed by atoms with Gasteiger partial charge in [0.2, 0.25) is 0 Å². The Morgan fingerprint density at radius 2 is 1.92 bits per heavy atom. The number of amides is 1. The van der Waals surface area contributed by atoms with Gasteiger partial charge in [-0.05, 0) is 49.2 Å². The third-order valence-corrected chi connectivity index (χ3v) is 6.31. The van der Waals surface area contributed by atoms with E-state index >= 15 is 0 Å². The number of nitrogens with one attached hydrogen (secondary N) is 1. The van der Waals surface area contributed by atoms with Gasteiger partial charge in [0.25, 0.3) is 5.91 Å². The molecule has 1 aromatic heterocycles. The van der Waals surface area contributed by atoms with Crippen LogP contribution in [0.2, 0.25) is 5.02 Å². The second-order valence-corrected chi connectivity index (χ2v) is 8.00. The first-order valence-corrected chi connectivity index (χ1v) is 9.08. The van der Waals surface area contributed by atoms with Crippen molar-refractivity contribution < 1.29 is 9.32 Å². The molecule has 2 aromatic carbocycles. The first-order chi connectivity index (χ1) is 11.4. The van der Waals surface area contributed by atoms with E-state index in [2.05, 4.69) is 31.0 Å². The molecule has 3 N–H and O–H groups in total. The summed E-state index contributed by atoms with van der Waals surface area (Å²) >= 11 is 6.16. The third-order valence-electron chi connectivity index (χ3n) is 4.09. The number of hydrogen-bond donors (Lipinski definition) is 2. The van der Waals surface area contributed by atoms with Crippen LogP contribution in [-0.2, 0) is 4.52 Å². The highest BCUT2D eigenvalue weighted by Gasteiger charge is 2.25. The van der Waals surface area contributed by atoms with Gasteiger partial charge in [0, 0.05) is 33.6 Å². The van der Waals surface area contributed by atoms with Crippen LogP contribution in [-0.4, -0.2) is 18.0 Å². The number of aromatic amines is 1. The third kappa shape index (κ3) is 2.93. The second kappa shape index (κ2) is 6.56. The van der Waals surface area contributed by atoms with Gasteiger partial charge in [0.1, 0.15) is 5.69 Å². The highest BCUT2D eigenvalue weighted by atomic mass is 35.5. The summed E-state index contributed by atoms with van der Waals surface area (Å²) in [5, 5.41) is 3.27. The fourth-order valence-electron chi connectivity index (χ4n) is 2.72. The summed E-state index contributed by atoms with van der Waals surface area (Å²) in [5.74, 6) is -0.509. The molecule has 1 atom stereocenters. The van der Waals surface area contributed by atoms with Crippen molar-refractivity contribution in [2.75, 3.05) is 7.11 Å². The molecule has 1 heterocycles. The molecule has 3 aromatic rings. The van der Waals surface area contributed by atoms with Crippen LogP contribution in [0, 0.1) is 13.8 Å². The molecular formula is C18H18ClN2O2P. The Hall–Kier alpha value is -1.87. The highest BCUT2D eigenvalue weighted by molar-refractivity contribution is 7.69. The number of carbonyl (C=O) groups is 1. The maximum absolute atomic E-state index is 12.0. The molecule has 0 fully saturated rings. The first-order valence-electron chi connectivity index (χ1n) is 7.45. The minimum absolute atomic E-state index is 0.374. The SMILES string of the molecule is COP(c1ccc(C)c(C)c1)c1c(C(N)=O)[nH]c2ccc(Cl)cc12. The first kappa shape index (κ1) is 17.0. The van der Waals surface area contributed by atoms with Crippen LogP contribution in [0.1, 0.15) is 21.6 Å². The molecule has 0 radical (unpaired) electrons. The van der Waals surface area contributed by atoms with Crippen LogP contribution in [0.25, 0.3) is 10.9 Å². The summed E-state index contributed by atoms with van der Waals surface area (Å²) < 4.78 is 5.81. The van der Waals surface area contributed by atoms with E-state index in [4.69, 9.17) is 21.9 Å². The van der Waals surface area contributed by atoms with E-state index in [9.17, 15) is 4.79 Å². The predicted octanol–water partition coefficient (Wildman–Crippen LogP) is 3.53. The van der Waals surface area contributed by atoms with E-state index in [-0.39, 0.29) is 0 Å². The lowest BCUT2D eigenvalue weighted by atomic mass is 10.1. The normalized spacial score (nSPS) is 12.5. The van der Waals surface area contributed by atoms with Gasteiger partial charge >= 0.3 is 0 Å². The molecule has 4 nitrogen and oxygen atoms in total. The Bertz CT molecular complexity index is 936. The average Bonchev–Trinajstić information content (AvgIpc) is 2.90. The predicted molar refractivity (Wildman–Crippen MR) is 101 cm³/mol. The number of primary amides is 1. The Balaban J connectivity index is 2.27. The van der Waals surface area contributed by atoms with Gasteiger partial charge in [0.05, 0.1) is 8.15 Å².